The third-order valence-electron chi connectivity index (χ3n) is 3.10. The van der Waals surface area contributed by atoms with Crippen molar-refractivity contribution in [1.82, 2.24) is 4.90 Å². The molecule has 21 heavy (non-hydrogen) atoms. The molecular formula is C14H18Cl2N2O3. The van der Waals surface area contributed by atoms with Gasteiger partial charge in [0.25, 0.3) is 0 Å². The van der Waals surface area contributed by atoms with Crippen LogP contribution in [0.15, 0.2) is 18.2 Å². The Bertz CT molecular complexity index is 523. The van der Waals surface area contributed by atoms with Gasteiger partial charge in [0, 0.05) is 18.0 Å². The molecule has 1 aromatic rings. The van der Waals surface area contributed by atoms with Crippen molar-refractivity contribution >= 4 is 40.8 Å². The number of carboxylic acid groups (broad SMARTS) is 1. The molecule has 1 aromatic carbocycles. The number of carbonyl (C=O) groups excluding carboxylic acids is 1. The minimum absolute atomic E-state index is 0.170. The highest BCUT2D eigenvalue weighted by molar-refractivity contribution is 6.35. The van der Waals surface area contributed by atoms with Gasteiger partial charge in [-0.2, -0.15) is 0 Å². The fraction of sp³-hybridized carbons (Fsp3) is 0.429. The van der Waals surface area contributed by atoms with Crippen LogP contribution in [-0.2, 0) is 9.59 Å². The number of aliphatic carboxylic acids is 1. The molecule has 5 nitrogen and oxygen atoms in total. The first-order valence-electron chi connectivity index (χ1n) is 6.53. The minimum atomic E-state index is -0.890. The molecule has 0 saturated carbocycles. The highest BCUT2D eigenvalue weighted by Gasteiger charge is 2.20. The number of carboxylic acids is 1. The average Bonchev–Trinajstić information content (AvgIpc) is 2.41. The Balaban J connectivity index is 2.54. The van der Waals surface area contributed by atoms with E-state index < -0.39 is 12.0 Å². The molecule has 0 heterocycles. The smallest absolute Gasteiger partial charge is 0.320 e. The topological polar surface area (TPSA) is 69.6 Å². The van der Waals surface area contributed by atoms with E-state index >= 15 is 0 Å². The third kappa shape index (κ3) is 5.53. The first kappa shape index (κ1) is 17.8. The lowest BCUT2D eigenvalue weighted by molar-refractivity contribution is -0.143. The van der Waals surface area contributed by atoms with Crippen LogP contribution in [0.1, 0.15) is 19.8 Å². The number of likely N-dealkylation sites (N-methyl/N-ethyl adjacent to an activating group) is 1. The summed E-state index contributed by atoms with van der Waals surface area (Å²) in [7, 11) is 1.68. The molecule has 1 atom stereocenters. The van der Waals surface area contributed by atoms with E-state index in [2.05, 4.69) is 5.32 Å². The molecule has 116 valence electrons. The van der Waals surface area contributed by atoms with Gasteiger partial charge in [-0.3, -0.25) is 14.5 Å². The molecule has 0 radical (unpaired) electrons. The summed E-state index contributed by atoms with van der Waals surface area (Å²) < 4.78 is 0. The van der Waals surface area contributed by atoms with E-state index in [-0.39, 0.29) is 12.3 Å². The first-order valence-corrected chi connectivity index (χ1v) is 7.28. The Kier molecular flexibility index (Phi) is 6.95. The van der Waals surface area contributed by atoms with Gasteiger partial charge in [0.15, 0.2) is 0 Å². The zero-order chi connectivity index (χ0) is 16.0. The maximum Gasteiger partial charge on any atom is 0.320 e. The minimum Gasteiger partial charge on any atom is -0.480 e. The van der Waals surface area contributed by atoms with Gasteiger partial charge in [-0.05, 0) is 31.7 Å². The summed E-state index contributed by atoms with van der Waals surface area (Å²) >= 11 is 11.8. The summed E-state index contributed by atoms with van der Waals surface area (Å²) in [5.74, 6) is -1.13. The summed E-state index contributed by atoms with van der Waals surface area (Å²) in [5.41, 5.74) is 0.446. The number of nitrogens with zero attached hydrogens (tertiary/aromatic N) is 1. The Hall–Kier alpha value is -1.30. The van der Waals surface area contributed by atoms with Gasteiger partial charge in [-0.25, -0.2) is 0 Å². The molecular weight excluding hydrogens is 315 g/mol. The van der Waals surface area contributed by atoms with Crippen LogP contribution in [-0.4, -0.2) is 41.5 Å². The van der Waals surface area contributed by atoms with Crippen molar-refractivity contribution in [1.29, 1.82) is 0 Å². The number of carbonyl (C=O) groups is 2. The quantitative estimate of drug-likeness (QED) is 0.804. The van der Waals surface area contributed by atoms with E-state index in [4.69, 9.17) is 28.3 Å². The van der Waals surface area contributed by atoms with E-state index in [0.29, 0.717) is 28.7 Å². The molecule has 1 amide bonds. The van der Waals surface area contributed by atoms with Crippen molar-refractivity contribution in [3.8, 4) is 0 Å². The zero-order valence-electron chi connectivity index (χ0n) is 11.9. The predicted molar refractivity (Wildman–Crippen MR) is 84.1 cm³/mol. The molecule has 1 rings (SSSR count). The van der Waals surface area contributed by atoms with Crippen LogP contribution in [0.2, 0.25) is 10.0 Å². The van der Waals surface area contributed by atoms with Crippen molar-refractivity contribution in [2.75, 3.05) is 18.9 Å². The predicted octanol–water partition coefficient (Wildman–Crippen LogP) is 3.12. The normalized spacial score (nSPS) is 12.2. The Morgan fingerprint density at radius 3 is 2.62 bits per heavy atom. The number of nitrogens with one attached hydrogen (secondary N) is 1. The van der Waals surface area contributed by atoms with Crippen molar-refractivity contribution in [3.63, 3.8) is 0 Å². The fourth-order valence-corrected chi connectivity index (χ4v) is 2.25. The van der Waals surface area contributed by atoms with Crippen LogP contribution >= 0.6 is 23.2 Å². The summed E-state index contributed by atoms with van der Waals surface area (Å²) in [6, 6.07) is 4.21. The van der Waals surface area contributed by atoms with Crippen LogP contribution in [0.25, 0.3) is 0 Å². The molecule has 0 fully saturated rings. The molecule has 2 N–H and O–H groups in total. The maximum absolute atomic E-state index is 11.9. The van der Waals surface area contributed by atoms with E-state index in [1.165, 1.54) is 0 Å². The van der Waals surface area contributed by atoms with Gasteiger partial charge in [0.2, 0.25) is 5.91 Å². The SMILES string of the molecule is CCC(C(=O)O)N(C)CCC(=O)Nc1cc(Cl)ccc1Cl. The van der Waals surface area contributed by atoms with Crippen LogP contribution in [0.4, 0.5) is 5.69 Å². The van der Waals surface area contributed by atoms with Gasteiger partial charge >= 0.3 is 5.97 Å². The van der Waals surface area contributed by atoms with Crippen molar-refractivity contribution in [2.45, 2.75) is 25.8 Å². The van der Waals surface area contributed by atoms with Gasteiger partial charge in [0.1, 0.15) is 6.04 Å². The van der Waals surface area contributed by atoms with Crippen molar-refractivity contribution in [3.05, 3.63) is 28.2 Å². The number of hydrogen-bond acceptors (Lipinski definition) is 3. The number of anilines is 1. The lowest BCUT2D eigenvalue weighted by Gasteiger charge is -2.23. The molecule has 0 aromatic heterocycles. The molecule has 7 heteroatoms. The number of hydrogen-bond donors (Lipinski definition) is 2. The van der Waals surface area contributed by atoms with Gasteiger partial charge < -0.3 is 10.4 Å². The maximum atomic E-state index is 11.9. The van der Waals surface area contributed by atoms with Crippen LogP contribution in [0, 0.1) is 0 Å². The molecule has 0 saturated heterocycles. The second-order valence-electron chi connectivity index (χ2n) is 4.67. The lowest BCUT2D eigenvalue weighted by Crippen LogP contribution is -2.39. The Morgan fingerprint density at radius 1 is 1.38 bits per heavy atom. The van der Waals surface area contributed by atoms with E-state index in [9.17, 15) is 9.59 Å². The molecule has 0 bridgehead atoms. The summed E-state index contributed by atoms with van der Waals surface area (Å²) in [5, 5.41) is 12.6. The molecule has 0 aliphatic heterocycles. The van der Waals surface area contributed by atoms with Crippen LogP contribution < -0.4 is 5.32 Å². The molecule has 1 unspecified atom stereocenters. The molecule has 0 aliphatic carbocycles. The monoisotopic (exact) mass is 332 g/mol. The van der Waals surface area contributed by atoms with Crippen molar-refractivity contribution < 1.29 is 14.7 Å². The molecule has 0 aliphatic rings. The lowest BCUT2D eigenvalue weighted by atomic mass is 10.2. The van der Waals surface area contributed by atoms with E-state index in [1.54, 1.807) is 37.1 Å². The zero-order valence-corrected chi connectivity index (χ0v) is 13.4. The number of rotatable bonds is 7. The highest BCUT2D eigenvalue weighted by atomic mass is 35.5. The first-order chi connectivity index (χ1) is 9.85. The summed E-state index contributed by atoms with van der Waals surface area (Å²) in [6.45, 7) is 2.13. The van der Waals surface area contributed by atoms with E-state index in [1.807, 2.05) is 0 Å². The van der Waals surface area contributed by atoms with Gasteiger partial charge in [-0.15, -0.1) is 0 Å². The second-order valence-corrected chi connectivity index (χ2v) is 5.51. The van der Waals surface area contributed by atoms with Gasteiger partial charge in [0.05, 0.1) is 10.7 Å². The largest absolute Gasteiger partial charge is 0.480 e. The summed E-state index contributed by atoms with van der Waals surface area (Å²) in [4.78, 5) is 24.5. The third-order valence-corrected chi connectivity index (χ3v) is 3.66. The average molecular weight is 333 g/mol. The Labute approximate surface area is 133 Å². The molecule has 0 spiro atoms. The highest BCUT2D eigenvalue weighted by Crippen LogP contribution is 2.25. The second kappa shape index (κ2) is 8.22. The standard InChI is InChI=1S/C14H18Cl2N2O3/c1-3-12(14(20)21)18(2)7-6-13(19)17-11-8-9(15)4-5-10(11)16/h4-5,8,12H,3,6-7H2,1-2H3,(H,17,19)(H,20,21). The number of halogens is 2. The fourth-order valence-electron chi connectivity index (χ4n) is 1.91. The van der Waals surface area contributed by atoms with Crippen molar-refractivity contribution in [2.24, 2.45) is 0 Å². The number of amides is 1. The summed E-state index contributed by atoms with van der Waals surface area (Å²) in [6.07, 6.45) is 0.649. The Morgan fingerprint density at radius 2 is 2.05 bits per heavy atom. The van der Waals surface area contributed by atoms with Gasteiger partial charge in [-0.1, -0.05) is 30.1 Å². The number of benzene rings is 1. The van der Waals surface area contributed by atoms with Crippen LogP contribution in [0.5, 0.6) is 0 Å². The van der Waals surface area contributed by atoms with Crippen LogP contribution in [0.3, 0.4) is 0 Å². The van der Waals surface area contributed by atoms with E-state index in [0.717, 1.165) is 0 Å².